The van der Waals surface area contributed by atoms with Crippen molar-refractivity contribution in [3.63, 3.8) is 0 Å². The van der Waals surface area contributed by atoms with Gasteiger partial charge < -0.3 is 9.84 Å². The van der Waals surface area contributed by atoms with Crippen LogP contribution >= 0.6 is 0 Å². The first-order valence-corrected chi connectivity index (χ1v) is 6.66. The predicted octanol–water partition coefficient (Wildman–Crippen LogP) is 1.65. The molecule has 16 heavy (non-hydrogen) atoms. The number of ether oxygens (including phenoxy) is 1. The molecular weight excluding hydrogens is 202 g/mol. The second-order valence-electron chi connectivity index (χ2n) is 5.58. The zero-order chi connectivity index (χ0) is 11.5. The summed E-state index contributed by atoms with van der Waals surface area (Å²) in [6.07, 6.45) is 5.81. The maximum Gasteiger partial charge on any atom is 0.0739 e. The van der Waals surface area contributed by atoms with Gasteiger partial charge in [-0.25, -0.2) is 0 Å². The standard InChI is InChI=1S/C13H25NO2/c1-10-3-5-11(6-4-10)14(2)12-9-16-8-7-13(12)15/h10-13,15H,3-9H2,1-2H3. The van der Waals surface area contributed by atoms with Crippen LogP contribution in [0.1, 0.15) is 39.0 Å². The highest BCUT2D eigenvalue weighted by Gasteiger charge is 2.32. The number of hydrogen-bond donors (Lipinski definition) is 1. The van der Waals surface area contributed by atoms with Gasteiger partial charge in [-0.3, -0.25) is 4.90 Å². The number of hydrogen-bond acceptors (Lipinski definition) is 3. The molecule has 0 spiro atoms. The lowest BCUT2D eigenvalue weighted by Crippen LogP contribution is -2.52. The summed E-state index contributed by atoms with van der Waals surface area (Å²) >= 11 is 0. The third-order valence-electron chi connectivity index (χ3n) is 4.38. The molecule has 0 aromatic carbocycles. The molecule has 0 aromatic heterocycles. The Labute approximate surface area is 98.8 Å². The highest BCUT2D eigenvalue weighted by atomic mass is 16.5. The zero-order valence-corrected chi connectivity index (χ0v) is 10.6. The van der Waals surface area contributed by atoms with Gasteiger partial charge in [-0.15, -0.1) is 0 Å². The largest absolute Gasteiger partial charge is 0.391 e. The Morgan fingerprint density at radius 1 is 1.12 bits per heavy atom. The smallest absolute Gasteiger partial charge is 0.0739 e. The lowest BCUT2D eigenvalue weighted by Gasteiger charge is -2.41. The zero-order valence-electron chi connectivity index (χ0n) is 10.6. The summed E-state index contributed by atoms with van der Waals surface area (Å²) in [6, 6.07) is 0.865. The van der Waals surface area contributed by atoms with E-state index in [0.29, 0.717) is 19.3 Å². The lowest BCUT2D eigenvalue weighted by atomic mass is 9.86. The van der Waals surface area contributed by atoms with Crippen LogP contribution in [0.4, 0.5) is 0 Å². The van der Waals surface area contributed by atoms with E-state index in [1.165, 1.54) is 25.7 Å². The Bertz CT molecular complexity index is 214. The molecule has 0 amide bonds. The minimum atomic E-state index is -0.196. The summed E-state index contributed by atoms with van der Waals surface area (Å²) in [7, 11) is 2.16. The molecule has 1 heterocycles. The summed E-state index contributed by atoms with van der Waals surface area (Å²) in [5.41, 5.74) is 0. The first-order chi connectivity index (χ1) is 7.68. The first-order valence-electron chi connectivity index (χ1n) is 6.66. The van der Waals surface area contributed by atoms with Crippen molar-refractivity contribution in [2.75, 3.05) is 20.3 Å². The van der Waals surface area contributed by atoms with Gasteiger partial charge in [0, 0.05) is 12.6 Å². The third-order valence-corrected chi connectivity index (χ3v) is 4.38. The Balaban J connectivity index is 1.88. The highest BCUT2D eigenvalue weighted by molar-refractivity contribution is 4.86. The van der Waals surface area contributed by atoms with E-state index in [1.54, 1.807) is 0 Å². The van der Waals surface area contributed by atoms with Crippen molar-refractivity contribution in [3.05, 3.63) is 0 Å². The van der Waals surface area contributed by atoms with Crippen LogP contribution < -0.4 is 0 Å². The highest BCUT2D eigenvalue weighted by Crippen LogP contribution is 2.28. The molecule has 2 fully saturated rings. The number of aliphatic hydroxyl groups is 1. The fourth-order valence-corrected chi connectivity index (χ4v) is 3.02. The molecule has 1 aliphatic carbocycles. The van der Waals surface area contributed by atoms with E-state index in [2.05, 4.69) is 18.9 Å². The van der Waals surface area contributed by atoms with Gasteiger partial charge in [0.05, 0.1) is 18.8 Å². The Morgan fingerprint density at radius 2 is 1.81 bits per heavy atom. The van der Waals surface area contributed by atoms with Crippen molar-refractivity contribution in [1.82, 2.24) is 4.90 Å². The second-order valence-corrected chi connectivity index (χ2v) is 5.58. The fourth-order valence-electron chi connectivity index (χ4n) is 3.02. The fraction of sp³-hybridized carbons (Fsp3) is 1.00. The molecular formula is C13H25NO2. The summed E-state index contributed by atoms with van der Waals surface area (Å²) < 4.78 is 5.48. The summed E-state index contributed by atoms with van der Waals surface area (Å²) in [5.74, 6) is 0.886. The van der Waals surface area contributed by atoms with Gasteiger partial charge in [0.1, 0.15) is 0 Å². The van der Waals surface area contributed by atoms with E-state index in [4.69, 9.17) is 4.74 Å². The molecule has 3 heteroatoms. The lowest BCUT2D eigenvalue weighted by molar-refractivity contribution is -0.0696. The topological polar surface area (TPSA) is 32.7 Å². The molecule has 1 N–H and O–H groups in total. The molecule has 2 aliphatic rings. The molecule has 3 nitrogen and oxygen atoms in total. The van der Waals surface area contributed by atoms with Crippen LogP contribution in [-0.2, 0) is 4.74 Å². The minimum Gasteiger partial charge on any atom is -0.391 e. The van der Waals surface area contributed by atoms with E-state index >= 15 is 0 Å². The van der Waals surface area contributed by atoms with E-state index in [1.807, 2.05) is 0 Å². The monoisotopic (exact) mass is 227 g/mol. The molecule has 2 atom stereocenters. The van der Waals surface area contributed by atoms with Crippen LogP contribution in [0, 0.1) is 5.92 Å². The van der Waals surface area contributed by atoms with Crippen LogP contribution in [0.3, 0.4) is 0 Å². The predicted molar refractivity (Wildman–Crippen MR) is 64.4 cm³/mol. The molecule has 0 aromatic rings. The van der Waals surface area contributed by atoms with Gasteiger partial charge >= 0.3 is 0 Å². The van der Waals surface area contributed by atoms with Crippen LogP contribution in [0.25, 0.3) is 0 Å². The SMILES string of the molecule is CC1CCC(N(C)C2COCCC2O)CC1. The molecule has 1 aliphatic heterocycles. The van der Waals surface area contributed by atoms with Gasteiger partial charge in [-0.05, 0) is 45.1 Å². The normalized spacial score (nSPS) is 41.2. The second kappa shape index (κ2) is 5.48. The molecule has 1 saturated heterocycles. The average Bonchev–Trinajstić information content (AvgIpc) is 2.30. The van der Waals surface area contributed by atoms with E-state index < -0.39 is 0 Å². The first kappa shape index (κ1) is 12.3. The number of nitrogens with zero attached hydrogens (tertiary/aromatic N) is 1. The summed E-state index contributed by atoms with van der Waals surface area (Å²) in [5, 5.41) is 10.0. The van der Waals surface area contributed by atoms with Crippen LogP contribution in [0.15, 0.2) is 0 Å². The number of rotatable bonds is 2. The van der Waals surface area contributed by atoms with Crippen LogP contribution in [0.2, 0.25) is 0 Å². The molecule has 0 radical (unpaired) electrons. The van der Waals surface area contributed by atoms with Crippen molar-refractivity contribution >= 4 is 0 Å². The van der Waals surface area contributed by atoms with Gasteiger partial charge in [0.2, 0.25) is 0 Å². The average molecular weight is 227 g/mol. The quantitative estimate of drug-likeness (QED) is 0.778. The molecule has 1 saturated carbocycles. The Hall–Kier alpha value is -0.120. The van der Waals surface area contributed by atoms with E-state index in [-0.39, 0.29) is 12.1 Å². The van der Waals surface area contributed by atoms with Crippen molar-refractivity contribution in [3.8, 4) is 0 Å². The molecule has 2 unspecified atom stereocenters. The van der Waals surface area contributed by atoms with Crippen molar-refractivity contribution in [2.24, 2.45) is 5.92 Å². The van der Waals surface area contributed by atoms with Gasteiger partial charge in [0.15, 0.2) is 0 Å². The Kier molecular flexibility index (Phi) is 4.22. The minimum absolute atomic E-state index is 0.196. The van der Waals surface area contributed by atoms with Gasteiger partial charge in [-0.1, -0.05) is 6.92 Å². The van der Waals surface area contributed by atoms with Crippen LogP contribution in [0.5, 0.6) is 0 Å². The number of likely N-dealkylation sites (N-methyl/N-ethyl adjacent to an activating group) is 1. The maximum absolute atomic E-state index is 10.0. The van der Waals surface area contributed by atoms with Crippen LogP contribution in [-0.4, -0.2) is 48.5 Å². The third kappa shape index (κ3) is 2.76. The molecule has 0 bridgehead atoms. The van der Waals surface area contributed by atoms with Crippen molar-refractivity contribution in [1.29, 1.82) is 0 Å². The Morgan fingerprint density at radius 3 is 2.44 bits per heavy atom. The number of aliphatic hydroxyl groups excluding tert-OH is 1. The summed E-state index contributed by atoms with van der Waals surface area (Å²) in [6.45, 7) is 3.76. The maximum atomic E-state index is 10.0. The van der Waals surface area contributed by atoms with E-state index in [0.717, 1.165) is 12.3 Å². The van der Waals surface area contributed by atoms with Gasteiger partial charge in [-0.2, -0.15) is 0 Å². The van der Waals surface area contributed by atoms with Gasteiger partial charge in [0.25, 0.3) is 0 Å². The molecule has 2 rings (SSSR count). The molecule has 94 valence electrons. The van der Waals surface area contributed by atoms with Crippen molar-refractivity contribution < 1.29 is 9.84 Å². The van der Waals surface area contributed by atoms with E-state index in [9.17, 15) is 5.11 Å². The summed E-state index contributed by atoms with van der Waals surface area (Å²) in [4.78, 5) is 2.37. The van der Waals surface area contributed by atoms with Crippen molar-refractivity contribution in [2.45, 2.75) is 57.2 Å².